The fraction of sp³-hybridized carbons (Fsp3) is 0.873. The van der Waals surface area contributed by atoms with E-state index < -0.39 is 18.2 Å². The summed E-state index contributed by atoms with van der Waals surface area (Å²) < 4.78 is 5.97. The number of unbranched alkanes of at least 4 members (excludes halogenated alkanes) is 38. The molecule has 0 bridgehead atoms. The summed E-state index contributed by atoms with van der Waals surface area (Å²) in [5.41, 5.74) is 0. The van der Waals surface area contributed by atoms with Crippen molar-refractivity contribution in [1.29, 1.82) is 0 Å². The second-order valence-electron chi connectivity index (χ2n) is 21.1. The summed E-state index contributed by atoms with van der Waals surface area (Å²) in [6, 6.07) is -0.704. The maximum Gasteiger partial charge on any atom is 0.306 e. The Bertz CT molecular complexity index is 1130. The number of amides is 1. The predicted molar refractivity (Wildman–Crippen MR) is 301 cm³/mol. The third-order valence-electron chi connectivity index (χ3n) is 14.2. The maximum atomic E-state index is 13.3. The minimum Gasteiger partial charge on any atom is -0.462 e. The average molecular weight is 971 g/mol. The number of nitrogens with one attached hydrogen (secondary N) is 1. The lowest BCUT2D eigenvalue weighted by atomic mass is 10.0. The van der Waals surface area contributed by atoms with Crippen molar-refractivity contribution in [2.45, 2.75) is 347 Å². The molecule has 0 aliphatic heterocycles. The lowest BCUT2D eigenvalue weighted by Crippen LogP contribution is -2.46. The molecule has 69 heavy (non-hydrogen) atoms. The van der Waals surface area contributed by atoms with Crippen molar-refractivity contribution in [2.75, 3.05) is 6.61 Å². The molecule has 6 heteroatoms. The minimum absolute atomic E-state index is 0.0736. The van der Waals surface area contributed by atoms with Crippen LogP contribution in [0.25, 0.3) is 0 Å². The SMILES string of the molecule is CCCCC/C=C\C/C=C\CCCCCCCCCCCC(=O)OC(CCCCCCC/C=C/CCCCCCCC)CC(=O)NC(CO)C(O)CCCCCCCCCCCCCCCCCC. The van der Waals surface area contributed by atoms with E-state index in [1.807, 2.05) is 0 Å². The lowest BCUT2D eigenvalue weighted by molar-refractivity contribution is -0.151. The molecule has 6 nitrogen and oxygen atoms in total. The quantitative estimate of drug-likeness (QED) is 0.0321. The molecule has 0 heterocycles. The lowest BCUT2D eigenvalue weighted by Gasteiger charge is -2.24. The molecular weight excluding hydrogens is 851 g/mol. The van der Waals surface area contributed by atoms with Gasteiger partial charge in [-0.25, -0.2) is 0 Å². The number of carbonyl (C=O) groups is 2. The van der Waals surface area contributed by atoms with Gasteiger partial charge in [0.05, 0.1) is 25.2 Å². The zero-order chi connectivity index (χ0) is 50.2. The Morgan fingerprint density at radius 3 is 1.14 bits per heavy atom. The van der Waals surface area contributed by atoms with Crippen molar-refractivity contribution in [3.05, 3.63) is 36.5 Å². The fourth-order valence-electron chi connectivity index (χ4n) is 9.52. The Hall–Kier alpha value is -1.92. The van der Waals surface area contributed by atoms with Crippen molar-refractivity contribution in [2.24, 2.45) is 0 Å². The van der Waals surface area contributed by atoms with Crippen LogP contribution >= 0.6 is 0 Å². The molecule has 0 aliphatic carbocycles. The van der Waals surface area contributed by atoms with Gasteiger partial charge in [-0.05, 0) is 83.5 Å². The van der Waals surface area contributed by atoms with Crippen LogP contribution in [-0.4, -0.2) is 46.9 Å². The smallest absolute Gasteiger partial charge is 0.306 e. The van der Waals surface area contributed by atoms with Crippen molar-refractivity contribution in [3.8, 4) is 0 Å². The van der Waals surface area contributed by atoms with E-state index in [1.165, 1.54) is 218 Å². The van der Waals surface area contributed by atoms with Crippen molar-refractivity contribution in [1.82, 2.24) is 5.32 Å². The molecule has 0 aromatic carbocycles. The van der Waals surface area contributed by atoms with E-state index in [-0.39, 0.29) is 24.9 Å². The van der Waals surface area contributed by atoms with Crippen LogP contribution in [0.15, 0.2) is 36.5 Å². The Balaban J connectivity index is 4.52. The number of carbonyl (C=O) groups excluding carboxylic acids is 2. The summed E-state index contributed by atoms with van der Waals surface area (Å²) in [6.07, 6.45) is 69.3. The third-order valence-corrected chi connectivity index (χ3v) is 14.2. The first-order valence-electron chi connectivity index (χ1n) is 30.7. The first-order chi connectivity index (χ1) is 34.0. The van der Waals surface area contributed by atoms with Gasteiger partial charge in [0.2, 0.25) is 5.91 Å². The molecule has 406 valence electrons. The first kappa shape index (κ1) is 67.1. The number of allylic oxidation sites excluding steroid dienone is 6. The summed E-state index contributed by atoms with van der Waals surface area (Å²) in [6.45, 7) is 6.50. The minimum atomic E-state index is -0.790. The molecule has 3 N–H and O–H groups in total. The van der Waals surface area contributed by atoms with Crippen LogP contribution in [0.2, 0.25) is 0 Å². The van der Waals surface area contributed by atoms with Crippen LogP contribution in [0.4, 0.5) is 0 Å². The van der Waals surface area contributed by atoms with E-state index >= 15 is 0 Å². The Labute approximate surface area is 430 Å². The average Bonchev–Trinajstić information content (AvgIpc) is 3.34. The maximum absolute atomic E-state index is 13.3. The number of aliphatic hydroxyl groups excluding tert-OH is 2. The number of esters is 1. The van der Waals surface area contributed by atoms with E-state index in [1.54, 1.807) is 0 Å². The predicted octanol–water partition coefficient (Wildman–Crippen LogP) is 19.2. The monoisotopic (exact) mass is 970 g/mol. The van der Waals surface area contributed by atoms with Crippen LogP contribution < -0.4 is 5.32 Å². The molecule has 0 rings (SSSR count). The van der Waals surface area contributed by atoms with Crippen LogP contribution in [0.1, 0.15) is 329 Å². The van der Waals surface area contributed by atoms with E-state index in [0.29, 0.717) is 19.3 Å². The zero-order valence-electron chi connectivity index (χ0n) is 46.5. The standard InChI is InChI=1S/C63H119NO5/c1-4-7-10-13-16-19-22-25-28-30-31-32-35-38-41-44-47-50-53-56-63(68)69-59(54-51-48-45-42-39-36-33-27-24-21-18-15-12-9-6-3)57-62(67)64-60(58-65)61(66)55-52-49-46-43-40-37-34-29-26-23-20-17-14-11-8-5-2/h16,19,25,27-28,33,59-61,65-66H,4-15,17-18,20-24,26,29-32,34-58H2,1-3H3,(H,64,67)/b19-16-,28-25-,33-27+. The summed E-state index contributed by atoms with van der Waals surface area (Å²) in [4.78, 5) is 26.3. The van der Waals surface area contributed by atoms with Gasteiger partial charge >= 0.3 is 5.97 Å². The summed E-state index contributed by atoms with van der Waals surface area (Å²) in [5.74, 6) is -0.470. The topological polar surface area (TPSA) is 95.9 Å². The van der Waals surface area contributed by atoms with E-state index in [2.05, 4.69) is 62.5 Å². The molecule has 1 amide bonds. The number of hydrogen-bond acceptors (Lipinski definition) is 5. The Kier molecular flexibility index (Phi) is 55.4. The highest BCUT2D eigenvalue weighted by atomic mass is 16.5. The summed E-state index contributed by atoms with van der Waals surface area (Å²) >= 11 is 0. The molecule has 0 radical (unpaired) electrons. The normalized spacial score (nSPS) is 13.3. The molecule has 0 spiro atoms. The Morgan fingerprint density at radius 1 is 0.420 bits per heavy atom. The van der Waals surface area contributed by atoms with E-state index in [4.69, 9.17) is 4.74 Å². The van der Waals surface area contributed by atoms with E-state index in [0.717, 1.165) is 64.2 Å². The van der Waals surface area contributed by atoms with Gasteiger partial charge < -0.3 is 20.3 Å². The van der Waals surface area contributed by atoms with Crippen molar-refractivity contribution >= 4 is 11.9 Å². The van der Waals surface area contributed by atoms with Gasteiger partial charge in [0.1, 0.15) is 6.10 Å². The van der Waals surface area contributed by atoms with Crippen LogP contribution in [-0.2, 0) is 14.3 Å². The van der Waals surface area contributed by atoms with Gasteiger partial charge in [-0.2, -0.15) is 0 Å². The second kappa shape index (κ2) is 57.0. The van der Waals surface area contributed by atoms with Crippen LogP contribution in [0.3, 0.4) is 0 Å². The summed E-state index contributed by atoms with van der Waals surface area (Å²) in [5, 5.41) is 23.9. The number of rotatable bonds is 56. The first-order valence-corrected chi connectivity index (χ1v) is 30.7. The third kappa shape index (κ3) is 52.2. The molecular formula is C63H119NO5. The second-order valence-corrected chi connectivity index (χ2v) is 21.1. The van der Waals surface area contributed by atoms with Gasteiger partial charge in [0, 0.05) is 6.42 Å². The molecule has 3 unspecified atom stereocenters. The van der Waals surface area contributed by atoms with Crippen molar-refractivity contribution < 1.29 is 24.5 Å². The zero-order valence-corrected chi connectivity index (χ0v) is 46.5. The molecule has 0 aliphatic rings. The van der Waals surface area contributed by atoms with Crippen LogP contribution in [0, 0.1) is 0 Å². The van der Waals surface area contributed by atoms with Gasteiger partial charge in [-0.3, -0.25) is 9.59 Å². The largest absolute Gasteiger partial charge is 0.462 e. The highest BCUT2D eigenvalue weighted by Crippen LogP contribution is 2.19. The molecule has 0 fully saturated rings. The highest BCUT2D eigenvalue weighted by Gasteiger charge is 2.24. The highest BCUT2D eigenvalue weighted by molar-refractivity contribution is 5.77. The Morgan fingerprint density at radius 2 is 0.739 bits per heavy atom. The van der Waals surface area contributed by atoms with Gasteiger partial charge in [-0.1, -0.05) is 269 Å². The van der Waals surface area contributed by atoms with Gasteiger partial charge in [0.15, 0.2) is 0 Å². The molecule has 0 saturated carbocycles. The summed E-state index contributed by atoms with van der Waals surface area (Å²) in [7, 11) is 0. The molecule has 3 atom stereocenters. The van der Waals surface area contributed by atoms with Crippen LogP contribution in [0.5, 0.6) is 0 Å². The number of ether oxygens (including phenoxy) is 1. The van der Waals surface area contributed by atoms with E-state index in [9.17, 15) is 19.8 Å². The van der Waals surface area contributed by atoms with Gasteiger partial charge in [0.25, 0.3) is 0 Å². The molecule has 0 aromatic rings. The van der Waals surface area contributed by atoms with Crippen molar-refractivity contribution in [3.63, 3.8) is 0 Å². The number of aliphatic hydroxyl groups is 2. The molecule has 0 saturated heterocycles. The molecule has 0 aromatic heterocycles. The number of hydrogen-bond donors (Lipinski definition) is 3. The fourth-order valence-corrected chi connectivity index (χ4v) is 9.52. The van der Waals surface area contributed by atoms with Gasteiger partial charge in [-0.15, -0.1) is 0 Å².